The Hall–Kier alpha value is -5.86. The van der Waals surface area contributed by atoms with Crippen LogP contribution in [0.15, 0.2) is 152 Å². The summed E-state index contributed by atoms with van der Waals surface area (Å²) < 4.78 is 4.88. The van der Waals surface area contributed by atoms with Gasteiger partial charge in [0.1, 0.15) is 0 Å². The van der Waals surface area contributed by atoms with Gasteiger partial charge in [-0.25, -0.2) is 0 Å². The van der Waals surface area contributed by atoms with Crippen LogP contribution in [0.2, 0.25) is 0 Å². The van der Waals surface area contributed by atoms with E-state index in [1.54, 1.807) is 0 Å². The second kappa shape index (κ2) is 9.82. The predicted molar refractivity (Wildman–Crippen MR) is 203 cm³/mol. The highest BCUT2D eigenvalue weighted by Gasteiger charge is 2.38. The Bertz CT molecular complexity index is 2740. The molecule has 0 saturated carbocycles. The maximum Gasteiger partial charge on any atom is 0.0625 e. The molecule has 9 aromatic rings. The minimum absolute atomic E-state index is 0.0572. The largest absolute Gasteiger partial charge is 0.309 e. The summed E-state index contributed by atoms with van der Waals surface area (Å²) in [5.41, 5.74) is 16.6. The number of benzene rings is 7. The minimum Gasteiger partial charge on any atom is -0.309 e. The van der Waals surface area contributed by atoms with Crippen molar-refractivity contribution < 1.29 is 0 Å². The third-order valence-electron chi connectivity index (χ3n) is 10.8. The summed E-state index contributed by atoms with van der Waals surface area (Å²) in [6.07, 6.45) is 0. The van der Waals surface area contributed by atoms with Gasteiger partial charge in [0.25, 0.3) is 0 Å². The number of para-hydroxylation sites is 3. The van der Waals surface area contributed by atoms with E-state index in [2.05, 4.69) is 182 Å². The van der Waals surface area contributed by atoms with Crippen molar-refractivity contribution in [1.82, 2.24) is 9.13 Å². The van der Waals surface area contributed by atoms with Gasteiger partial charge in [-0.3, -0.25) is 0 Å². The molecule has 0 amide bonds. The number of hydrogen-bond acceptors (Lipinski definition) is 0. The minimum atomic E-state index is -0.0572. The summed E-state index contributed by atoms with van der Waals surface area (Å²) >= 11 is 0. The van der Waals surface area contributed by atoms with Crippen LogP contribution in [0.3, 0.4) is 0 Å². The van der Waals surface area contributed by atoms with Gasteiger partial charge in [0, 0.05) is 43.9 Å². The van der Waals surface area contributed by atoms with Crippen molar-refractivity contribution in [1.29, 1.82) is 0 Å². The first-order chi connectivity index (χ1) is 23.5. The molecule has 0 bridgehead atoms. The zero-order chi connectivity index (χ0) is 32.1. The van der Waals surface area contributed by atoms with Crippen molar-refractivity contribution in [3.05, 3.63) is 168 Å². The second-order valence-corrected chi connectivity index (χ2v) is 13.8. The van der Waals surface area contributed by atoms with Gasteiger partial charge in [-0.2, -0.15) is 0 Å². The van der Waals surface area contributed by atoms with E-state index in [0.29, 0.717) is 0 Å². The molecule has 2 heterocycles. The Labute approximate surface area is 280 Å². The average Bonchev–Trinajstić information content (AvgIpc) is 3.73. The van der Waals surface area contributed by atoms with Crippen LogP contribution in [0.25, 0.3) is 77.2 Å². The lowest BCUT2D eigenvalue weighted by Crippen LogP contribution is -2.15. The molecule has 0 unspecified atom stereocenters. The summed E-state index contributed by atoms with van der Waals surface area (Å²) in [6.45, 7) is 7.03. The predicted octanol–water partition coefficient (Wildman–Crippen LogP) is 12.2. The third kappa shape index (κ3) is 3.63. The molecule has 0 saturated heterocycles. The maximum absolute atomic E-state index is 2.51. The molecule has 0 atom stereocenters. The Kier molecular flexibility index (Phi) is 5.58. The number of hydrogen-bond donors (Lipinski definition) is 0. The first-order valence-electron chi connectivity index (χ1n) is 16.9. The molecule has 0 spiro atoms. The molecule has 10 rings (SSSR count). The first-order valence-corrected chi connectivity index (χ1v) is 16.9. The molecule has 2 heteroatoms. The summed E-state index contributed by atoms with van der Waals surface area (Å²) in [4.78, 5) is 0. The highest BCUT2D eigenvalue weighted by molar-refractivity contribution is 6.17. The van der Waals surface area contributed by atoms with E-state index in [1.165, 1.54) is 93.9 Å². The monoisotopic (exact) mass is 614 g/mol. The van der Waals surface area contributed by atoms with Crippen molar-refractivity contribution in [2.75, 3.05) is 0 Å². The number of fused-ring (bicyclic) bond motifs is 10. The quantitative estimate of drug-likeness (QED) is 0.187. The van der Waals surface area contributed by atoms with Crippen molar-refractivity contribution in [2.45, 2.75) is 26.2 Å². The Morgan fingerprint density at radius 1 is 0.458 bits per heavy atom. The van der Waals surface area contributed by atoms with Crippen LogP contribution in [0.4, 0.5) is 0 Å². The van der Waals surface area contributed by atoms with E-state index in [1.807, 2.05) is 0 Å². The number of nitrogens with zero attached hydrogens (tertiary/aromatic N) is 2. The third-order valence-corrected chi connectivity index (χ3v) is 10.8. The van der Waals surface area contributed by atoms with E-state index in [9.17, 15) is 0 Å². The Morgan fingerprint density at radius 2 is 1.06 bits per heavy atom. The summed E-state index contributed by atoms with van der Waals surface area (Å²) in [5, 5.41) is 5.19. The molecule has 0 radical (unpaired) electrons. The Balaban J connectivity index is 1.17. The average molecular weight is 615 g/mol. The van der Waals surface area contributed by atoms with E-state index < -0.39 is 0 Å². The van der Waals surface area contributed by atoms with E-state index in [0.717, 1.165) is 0 Å². The first kappa shape index (κ1) is 27.3. The van der Waals surface area contributed by atoms with E-state index in [-0.39, 0.29) is 5.41 Å². The molecular formula is C46H34N2. The van der Waals surface area contributed by atoms with Crippen LogP contribution in [-0.2, 0) is 5.41 Å². The second-order valence-electron chi connectivity index (χ2n) is 13.8. The molecule has 1 aliphatic rings. The molecule has 0 N–H and O–H groups in total. The SMILES string of the molecule is Cc1cc2c(c3c1c1ccccc1n3-c1ccc(-c3ccc4c(c3)c3ccccc3n4-c3ccccc3)cc1)-c1ccccc1C2(C)C. The molecule has 48 heavy (non-hydrogen) atoms. The number of aromatic nitrogens is 2. The van der Waals surface area contributed by atoms with Crippen LogP contribution < -0.4 is 0 Å². The van der Waals surface area contributed by atoms with Crippen LogP contribution in [-0.4, -0.2) is 9.13 Å². The fourth-order valence-corrected chi connectivity index (χ4v) is 8.60. The zero-order valence-corrected chi connectivity index (χ0v) is 27.3. The zero-order valence-electron chi connectivity index (χ0n) is 27.3. The van der Waals surface area contributed by atoms with E-state index in [4.69, 9.17) is 0 Å². The van der Waals surface area contributed by atoms with Crippen molar-refractivity contribution >= 4 is 43.6 Å². The summed E-state index contributed by atoms with van der Waals surface area (Å²) in [6, 6.07) is 55.9. The van der Waals surface area contributed by atoms with Crippen molar-refractivity contribution in [2.24, 2.45) is 0 Å². The molecule has 2 nitrogen and oxygen atoms in total. The molecule has 0 fully saturated rings. The van der Waals surface area contributed by atoms with Gasteiger partial charge < -0.3 is 9.13 Å². The molecule has 2 aromatic heterocycles. The highest BCUT2D eigenvalue weighted by atomic mass is 15.0. The topological polar surface area (TPSA) is 9.86 Å². The number of aryl methyl sites for hydroxylation is 1. The van der Waals surface area contributed by atoms with Crippen molar-refractivity contribution in [3.63, 3.8) is 0 Å². The maximum atomic E-state index is 2.51. The van der Waals surface area contributed by atoms with Gasteiger partial charge in [-0.1, -0.05) is 117 Å². The lowest BCUT2D eigenvalue weighted by atomic mass is 9.81. The normalized spacial score (nSPS) is 13.5. The molecular weight excluding hydrogens is 581 g/mol. The standard InChI is InChI=1S/C46H34N2/c1-29-27-39-44(35-16-7-10-18-38(35)46(39,2)3)45-43(29)36-17-9-12-20-41(36)48(45)33-24-21-30(22-25-33)31-23-26-42-37(28-31)34-15-8-11-19-40(34)47(42)32-13-5-4-6-14-32/h4-28H,1-3H3. The van der Waals surface area contributed by atoms with Crippen LogP contribution in [0.1, 0.15) is 30.5 Å². The molecule has 7 aromatic carbocycles. The van der Waals surface area contributed by atoms with Crippen LogP contribution in [0.5, 0.6) is 0 Å². The summed E-state index contributed by atoms with van der Waals surface area (Å²) in [5.74, 6) is 0. The van der Waals surface area contributed by atoms with Gasteiger partial charge in [0.05, 0.1) is 22.1 Å². The lowest BCUT2D eigenvalue weighted by Gasteiger charge is -2.22. The molecule has 228 valence electrons. The fraction of sp³-hybridized carbons (Fsp3) is 0.0870. The van der Waals surface area contributed by atoms with Gasteiger partial charge in [0.2, 0.25) is 0 Å². The van der Waals surface area contributed by atoms with Crippen LogP contribution >= 0.6 is 0 Å². The van der Waals surface area contributed by atoms with Crippen molar-refractivity contribution in [3.8, 4) is 33.6 Å². The summed E-state index contributed by atoms with van der Waals surface area (Å²) in [7, 11) is 0. The smallest absolute Gasteiger partial charge is 0.0625 e. The van der Waals surface area contributed by atoms with Gasteiger partial charge in [0.15, 0.2) is 0 Å². The molecule has 0 aliphatic heterocycles. The van der Waals surface area contributed by atoms with Gasteiger partial charge in [-0.05, 0) is 88.8 Å². The fourth-order valence-electron chi connectivity index (χ4n) is 8.60. The van der Waals surface area contributed by atoms with Gasteiger partial charge in [-0.15, -0.1) is 0 Å². The van der Waals surface area contributed by atoms with E-state index >= 15 is 0 Å². The lowest BCUT2D eigenvalue weighted by molar-refractivity contribution is 0.660. The van der Waals surface area contributed by atoms with Gasteiger partial charge >= 0.3 is 0 Å². The Morgan fingerprint density at radius 3 is 1.85 bits per heavy atom. The van der Waals surface area contributed by atoms with Crippen LogP contribution in [0, 0.1) is 6.92 Å². The highest BCUT2D eigenvalue weighted by Crippen LogP contribution is 2.53. The molecule has 1 aliphatic carbocycles. The number of rotatable bonds is 3.